The number of nitrogens with zero attached hydrogens (tertiary/aromatic N) is 1. The van der Waals surface area contributed by atoms with Gasteiger partial charge in [0.1, 0.15) is 5.60 Å². The van der Waals surface area contributed by atoms with Gasteiger partial charge in [-0.3, -0.25) is 9.69 Å². The number of carbonyl (C=O) groups excluding carboxylic acids is 2. The van der Waals surface area contributed by atoms with E-state index >= 15 is 0 Å². The predicted octanol–water partition coefficient (Wildman–Crippen LogP) is 0.803. The van der Waals surface area contributed by atoms with Crippen molar-refractivity contribution in [3.63, 3.8) is 0 Å². The second-order valence-electron chi connectivity index (χ2n) is 8.77. The van der Waals surface area contributed by atoms with Crippen molar-refractivity contribution >= 4 is 40.2 Å². The van der Waals surface area contributed by atoms with Crippen LogP contribution in [0, 0.1) is 0 Å². The van der Waals surface area contributed by atoms with Crippen LogP contribution in [-0.2, 0) is 9.53 Å². The summed E-state index contributed by atoms with van der Waals surface area (Å²) < 4.78 is 5.29. The zero-order valence-corrected chi connectivity index (χ0v) is 18.5. The van der Waals surface area contributed by atoms with Crippen molar-refractivity contribution in [2.75, 3.05) is 19.6 Å². The molecule has 2 rings (SSSR count). The Bertz CT molecular complexity index is 727. The van der Waals surface area contributed by atoms with Crippen LogP contribution < -0.4 is 16.1 Å². The molecule has 2 N–H and O–H groups in total. The van der Waals surface area contributed by atoms with Gasteiger partial charge in [0.05, 0.1) is 21.6 Å². The Hall–Kier alpha value is -1.89. The standard InChI is InChI=1S/C21H31B3N3O3/c1-5-15(16-8-6-7-9-17(16)24-23)19(22)26-18(28)13-27-11-10-14(12-27)25-20(29)30-21(2,3)4/h6-9,14-15,19H,5,10-13H2,1-4H3,(H,25,29)(H,26,28). The number of nitrogens with one attached hydrogen (secondary N) is 2. The van der Waals surface area contributed by atoms with Crippen molar-refractivity contribution in [2.24, 2.45) is 0 Å². The molecule has 1 aliphatic heterocycles. The van der Waals surface area contributed by atoms with Crippen LogP contribution >= 0.6 is 0 Å². The molecular weight excluding hydrogens is 375 g/mol. The molecule has 1 aromatic carbocycles. The van der Waals surface area contributed by atoms with Crippen molar-refractivity contribution in [3.8, 4) is 0 Å². The van der Waals surface area contributed by atoms with Gasteiger partial charge in [-0.05, 0) is 45.5 Å². The minimum atomic E-state index is -0.533. The fourth-order valence-corrected chi connectivity index (χ4v) is 3.77. The summed E-state index contributed by atoms with van der Waals surface area (Å²) in [5.74, 6) is -0.680. The maximum atomic E-state index is 12.6. The van der Waals surface area contributed by atoms with E-state index in [0.717, 1.165) is 30.4 Å². The van der Waals surface area contributed by atoms with E-state index in [1.165, 1.54) is 0 Å². The number of likely N-dealkylation sites (tertiary alicyclic amines) is 1. The maximum Gasteiger partial charge on any atom is 0.407 e. The van der Waals surface area contributed by atoms with Crippen LogP contribution in [0.3, 0.4) is 0 Å². The first-order valence-electron chi connectivity index (χ1n) is 10.5. The third-order valence-electron chi connectivity index (χ3n) is 5.14. The largest absolute Gasteiger partial charge is 0.444 e. The monoisotopic (exact) mass is 406 g/mol. The molecule has 3 unspecified atom stereocenters. The van der Waals surface area contributed by atoms with Gasteiger partial charge >= 0.3 is 6.09 Å². The van der Waals surface area contributed by atoms with Crippen molar-refractivity contribution in [2.45, 2.75) is 64.0 Å². The van der Waals surface area contributed by atoms with E-state index in [1.54, 1.807) is 7.17 Å². The van der Waals surface area contributed by atoms with Crippen molar-refractivity contribution < 1.29 is 14.3 Å². The van der Waals surface area contributed by atoms with Crippen LogP contribution in [0.25, 0.3) is 0 Å². The lowest BCUT2D eigenvalue weighted by Crippen LogP contribution is -2.46. The maximum absolute atomic E-state index is 12.6. The summed E-state index contributed by atoms with van der Waals surface area (Å²) in [6.45, 7) is 9.09. The molecule has 0 aromatic heterocycles. The number of benzene rings is 1. The Morgan fingerprint density at radius 3 is 2.67 bits per heavy atom. The molecule has 3 atom stereocenters. The number of hydrogen-bond acceptors (Lipinski definition) is 4. The number of amides is 2. The highest BCUT2D eigenvalue weighted by Crippen LogP contribution is 2.20. The van der Waals surface area contributed by atoms with Crippen molar-refractivity contribution in [1.82, 2.24) is 15.5 Å². The molecule has 1 aromatic rings. The van der Waals surface area contributed by atoms with E-state index in [4.69, 9.17) is 20.3 Å². The molecule has 1 saturated heterocycles. The van der Waals surface area contributed by atoms with E-state index in [9.17, 15) is 9.59 Å². The highest BCUT2D eigenvalue weighted by atomic mass is 16.6. The molecule has 2 amide bonds. The normalized spacial score (nSPS) is 19.0. The molecule has 157 valence electrons. The first-order valence-corrected chi connectivity index (χ1v) is 10.5. The Morgan fingerprint density at radius 2 is 2.03 bits per heavy atom. The summed E-state index contributed by atoms with van der Waals surface area (Å²) in [4.78, 5) is 26.5. The minimum Gasteiger partial charge on any atom is -0.444 e. The molecular formula is C21H31B3N3O3. The lowest BCUT2D eigenvalue weighted by molar-refractivity contribution is -0.122. The summed E-state index contributed by atoms with van der Waals surface area (Å²) in [5, 5.41) is 5.79. The Kier molecular flexibility index (Phi) is 8.89. The highest BCUT2D eigenvalue weighted by molar-refractivity contribution is 6.97. The van der Waals surface area contributed by atoms with E-state index in [1.807, 2.05) is 56.9 Å². The lowest BCUT2D eigenvalue weighted by atomic mass is 9.49. The molecule has 1 aliphatic rings. The van der Waals surface area contributed by atoms with Gasteiger partial charge in [0.25, 0.3) is 0 Å². The van der Waals surface area contributed by atoms with Gasteiger partial charge in [0.15, 0.2) is 0 Å². The Morgan fingerprint density at radius 1 is 1.33 bits per heavy atom. The van der Waals surface area contributed by atoms with E-state index in [0.29, 0.717) is 6.54 Å². The minimum absolute atomic E-state index is 0.0308. The lowest BCUT2D eigenvalue weighted by Gasteiger charge is -2.28. The molecule has 0 spiro atoms. The molecule has 1 fully saturated rings. The zero-order valence-electron chi connectivity index (χ0n) is 18.5. The second kappa shape index (κ2) is 10.9. The second-order valence-corrected chi connectivity index (χ2v) is 8.77. The molecule has 1 heterocycles. The van der Waals surface area contributed by atoms with Crippen LogP contribution in [0.4, 0.5) is 4.79 Å². The highest BCUT2D eigenvalue weighted by Gasteiger charge is 2.28. The molecule has 5 radical (unpaired) electrons. The van der Waals surface area contributed by atoms with Crippen molar-refractivity contribution in [3.05, 3.63) is 29.8 Å². The molecule has 9 heteroatoms. The van der Waals surface area contributed by atoms with Gasteiger partial charge in [-0.1, -0.05) is 42.2 Å². The van der Waals surface area contributed by atoms with Crippen LogP contribution in [0.1, 0.15) is 52.0 Å². The van der Waals surface area contributed by atoms with Gasteiger partial charge in [0, 0.05) is 26.9 Å². The number of hydrogen-bond donors (Lipinski definition) is 2. The number of carbonyl (C=O) groups is 2. The van der Waals surface area contributed by atoms with Crippen LogP contribution in [-0.4, -0.2) is 76.9 Å². The summed E-state index contributed by atoms with van der Waals surface area (Å²) >= 11 is 0. The Labute approximate surface area is 183 Å². The molecule has 0 bridgehead atoms. The smallest absolute Gasteiger partial charge is 0.407 e. The first-order chi connectivity index (χ1) is 14.1. The predicted molar refractivity (Wildman–Crippen MR) is 123 cm³/mol. The van der Waals surface area contributed by atoms with Gasteiger partial charge in [-0.25, -0.2) is 4.79 Å². The zero-order chi connectivity index (χ0) is 22.3. The summed E-state index contributed by atoms with van der Waals surface area (Å²) in [6.07, 6.45) is 1.12. The van der Waals surface area contributed by atoms with Crippen LogP contribution in [0.2, 0.25) is 0 Å². The SMILES string of the molecule is [B][B]c1ccccc1C(CC)C([B])NC(=O)CN1CCC(NC(=O)OC(C)(C)C)C1. The number of rotatable bonds is 8. The van der Waals surface area contributed by atoms with Gasteiger partial charge in [0.2, 0.25) is 5.91 Å². The van der Waals surface area contributed by atoms with E-state index in [2.05, 4.69) is 10.6 Å². The summed E-state index contributed by atoms with van der Waals surface area (Å²) in [5.41, 5.74) is 1.41. The third-order valence-corrected chi connectivity index (χ3v) is 5.14. The molecule has 0 saturated carbocycles. The summed E-state index contributed by atoms with van der Waals surface area (Å²) in [7, 11) is 13.6. The van der Waals surface area contributed by atoms with Gasteiger partial charge in [-0.15, -0.1) is 0 Å². The molecule has 30 heavy (non-hydrogen) atoms. The van der Waals surface area contributed by atoms with Crippen LogP contribution in [0.15, 0.2) is 24.3 Å². The fraction of sp³-hybridized carbons (Fsp3) is 0.619. The van der Waals surface area contributed by atoms with E-state index in [-0.39, 0.29) is 24.4 Å². The quantitative estimate of drug-likeness (QED) is 0.628. The van der Waals surface area contributed by atoms with Gasteiger partial charge < -0.3 is 15.4 Å². The van der Waals surface area contributed by atoms with Crippen LogP contribution in [0.5, 0.6) is 0 Å². The summed E-state index contributed by atoms with van der Waals surface area (Å²) in [6, 6.07) is 7.77. The topological polar surface area (TPSA) is 70.7 Å². The average Bonchev–Trinajstić information content (AvgIpc) is 3.07. The van der Waals surface area contributed by atoms with E-state index < -0.39 is 17.6 Å². The first kappa shape index (κ1) is 24.4. The van der Waals surface area contributed by atoms with Crippen molar-refractivity contribution in [1.29, 1.82) is 0 Å². The molecule has 0 aliphatic carbocycles. The third kappa shape index (κ3) is 7.42. The number of alkyl carbamates (subject to hydrolysis) is 1. The number of ether oxygens (including phenoxy) is 1. The molecule has 6 nitrogen and oxygen atoms in total. The fourth-order valence-electron chi connectivity index (χ4n) is 3.77. The van der Waals surface area contributed by atoms with Gasteiger partial charge in [-0.2, -0.15) is 0 Å². The Balaban J connectivity index is 1.84. The average molecular weight is 406 g/mol.